The number of carbonyl (C=O) groups excluding carboxylic acids is 1. The van der Waals surface area contributed by atoms with E-state index in [2.05, 4.69) is 78.6 Å². The van der Waals surface area contributed by atoms with Gasteiger partial charge in [0.15, 0.2) is 5.16 Å². The molecular weight excluding hydrogens is 380 g/mol. The third-order valence-corrected chi connectivity index (χ3v) is 5.82. The first kappa shape index (κ1) is 19.2. The lowest BCUT2D eigenvalue weighted by Gasteiger charge is -2.14. The molecule has 4 aromatic rings. The summed E-state index contributed by atoms with van der Waals surface area (Å²) in [7, 11) is 0. The summed E-state index contributed by atoms with van der Waals surface area (Å²) in [5, 5.41) is 11.9. The lowest BCUT2D eigenvalue weighted by molar-refractivity contribution is -0.115. The number of nitrogens with two attached hydrogens (primary N) is 1. The molecule has 1 heterocycles. The predicted molar refractivity (Wildman–Crippen MR) is 118 cm³/mol. The molecule has 0 radical (unpaired) electrons. The average Bonchev–Trinajstić information content (AvgIpc) is 3.09. The smallest absolute Gasteiger partial charge is 0.227 e. The Balaban J connectivity index is 1.81. The molecule has 0 fully saturated rings. The van der Waals surface area contributed by atoms with Crippen LogP contribution in [0.5, 0.6) is 0 Å². The number of hydrogen-bond acceptors (Lipinski definition) is 4. The molecule has 0 bridgehead atoms. The van der Waals surface area contributed by atoms with Gasteiger partial charge in [-0.2, -0.15) is 0 Å². The molecule has 0 atom stereocenters. The largest absolute Gasteiger partial charge is 0.369 e. The van der Waals surface area contributed by atoms with Crippen LogP contribution >= 0.6 is 11.8 Å². The quantitative estimate of drug-likeness (QED) is 0.491. The van der Waals surface area contributed by atoms with E-state index in [1.807, 2.05) is 10.6 Å². The highest BCUT2D eigenvalue weighted by Gasteiger charge is 2.18. The van der Waals surface area contributed by atoms with Crippen molar-refractivity contribution in [1.29, 1.82) is 0 Å². The van der Waals surface area contributed by atoms with Gasteiger partial charge in [0.1, 0.15) is 5.82 Å². The van der Waals surface area contributed by atoms with E-state index in [4.69, 9.17) is 5.73 Å². The minimum absolute atomic E-state index is 0.164. The maximum atomic E-state index is 11.3. The standard InChI is InChI=1S/C23H22N4OS/c1-15-10-11-20(16(2)12-15)27-22(25-26-23(27)29-14-21(24)28)13-18-8-5-7-17-6-3-4-9-19(17)18/h3-12H,13-14H2,1-2H3,(H2,24,28). The SMILES string of the molecule is Cc1ccc(-n2c(Cc3cccc4ccccc34)nnc2SCC(N)=O)c(C)c1. The van der Waals surface area contributed by atoms with Gasteiger partial charge in [0, 0.05) is 6.42 Å². The number of carbonyl (C=O) groups is 1. The maximum Gasteiger partial charge on any atom is 0.227 e. The zero-order chi connectivity index (χ0) is 20.4. The van der Waals surface area contributed by atoms with Crippen LogP contribution in [0.3, 0.4) is 0 Å². The maximum absolute atomic E-state index is 11.3. The van der Waals surface area contributed by atoms with E-state index < -0.39 is 0 Å². The van der Waals surface area contributed by atoms with Crippen molar-refractivity contribution >= 4 is 28.4 Å². The Morgan fingerprint density at radius 3 is 2.62 bits per heavy atom. The van der Waals surface area contributed by atoms with Crippen molar-refractivity contribution in [1.82, 2.24) is 14.8 Å². The first-order chi connectivity index (χ1) is 14.0. The summed E-state index contributed by atoms with van der Waals surface area (Å²) < 4.78 is 2.05. The fraction of sp³-hybridized carbons (Fsp3) is 0.174. The van der Waals surface area contributed by atoms with E-state index in [0.717, 1.165) is 17.1 Å². The van der Waals surface area contributed by atoms with E-state index in [-0.39, 0.29) is 11.7 Å². The van der Waals surface area contributed by atoms with E-state index in [1.54, 1.807) is 0 Å². The highest BCUT2D eigenvalue weighted by atomic mass is 32.2. The van der Waals surface area contributed by atoms with Crippen LogP contribution in [0.25, 0.3) is 16.5 Å². The Morgan fingerprint density at radius 1 is 1.03 bits per heavy atom. The fourth-order valence-electron chi connectivity index (χ4n) is 3.56. The summed E-state index contributed by atoms with van der Waals surface area (Å²) >= 11 is 1.31. The zero-order valence-electron chi connectivity index (χ0n) is 16.4. The minimum atomic E-state index is -0.374. The molecule has 1 amide bonds. The molecule has 4 rings (SSSR count). The predicted octanol–water partition coefficient (Wildman–Crippen LogP) is 4.21. The van der Waals surface area contributed by atoms with Gasteiger partial charge in [-0.3, -0.25) is 9.36 Å². The Labute approximate surface area is 174 Å². The van der Waals surface area contributed by atoms with Crippen molar-refractivity contribution in [2.45, 2.75) is 25.4 Å². The fourth-order valence-corrected chi connectivity index (χ4v) is 4.26. The summed E-state index contributed by atoms with van der Waals surface area (Å²) in [6.07, 6.45) is 0.638. The van der Waals surface area contributed by atoms with E-state index in [9.17, 15) is 4.79 Å². The molecular formula is C23H22N4OS. The van der Waals surface area contributed by atoms with Crippen LogP contribution in [-0.2, 0) is 11.2 Å². The van der Waals surface area contributed by atoms with Crippen LogP contribution < -0.4 is 5.73 Å². The molecule has 146 valence electrons. The Hall–Kier alpha value is -3.12. The molecule has 0 saturated carbocycles. The lowest BCUT2D eigenvalue weighted by Crippen LogP contribution is -2.14. The van der Waals surface area contributed by atoms with E-state index in [0.29, 0.717) is 11.6 Å². The normalized spacial score (nSPS) is 11.1. The second-order valence-electron chi connectivity index (χ2n) is 7.09. The van der Waals surface area contributed by atoms with Crippen molar-refractivity contribution in [2.75, 3.05) is 5.75 Å². The van der Waals surface area contributed by atoms with Gasteiger partial charge >= 0.3 is 0 Å². The van der Waals surface area contributed by atoms with Gasteiger partial charge in [-0.15, -0.1) is 10.2 Å². The Morgan fingerprint density at radius 2 is 1.83 bits per heavy atom. The monoisotopic (exact) mass is 402 g/mol. The van der Waals surface area contributed by atoms with E-state index >= 15 is 0 Å². The van der Waals surface area contributed by atoms with Crippen LogP contribution in [0, 0.1) is 13.8 Å². The van der Waals surface area contributed by atoms with Crippen molar-refractivity contribution in [3.8, 4) is 5.69 Å². The molecule has 2 N–H and O–H groups in total. The second-order valence-corrected chi connectivity index (χ2v) is 8.04. The number of thioether (sulfide) groups is 1. The van der Waals surface area contributed by atoms with Crippen LogP contribution in [0.15, 0.2) is 65.8 Å². The summed E-state index contributed by atoms with van der Waals surface area (Å²) in [6, 6.07) is 20.9. The zero-order valence-corrected chi connectivity index (χ0v) is 17.2. The van der Waals surface area contributed by atoms with Gasteiger partial charge in [0.25, 0.3) is 0 Å². The number of aryl methyl sites for hydroxylation is 2. The number of primary amides is 1. The molecule has 0 spiro atoms. The molecule has 0 saturated heterocycles. The number of benzene rings is 3. The number of nitrogens with zero attached hydrogens (tertiary/aromatic N) is 3. The summed E-state index contributed by atoms with van der Waals surface area (Å²) in [6.45, 7) is 4.15. The number of fused-ring (bicyclic) bond motifs is 1. The highest BCUT2D eigenvalue weighted by Crippen LogP contribution is 2.27. The van der Waals surface area contributed by atoms with E-state index in [1.165, 1.54) is 33.7 Å². The van der Waals surface area contributed by atoms with Gasteiger partial charge in [-0.25, -0.2) is 0 Å². The van der Waals surface area contributed by atoms with Crippen molar-refractivity contribution in [2.24, 2.45) is 5.73 Å². The molecule has 0 aliphatic carbocycles. The first-order valence-electron chi connectivity index (χ1n) is 9.42. The first-order valence-corrected chi connectivity index (χ1v) is 10.4. The number of amides is 1. The van der Waals surface area contributed by atoms with Gasteiger partial charge < -0.3 is 5.73 Å². The Bertz CT molecular complexity index is 1190. The molecule has 0 aliphatic heterocycles. The topological polar surface area (TPSA) is 73.8 Å². The molecule has 0 aliphatic rings. The minimum Gasteiger partial charge on any atom is -0.369 e. The van der Waals surface area contributed by atoms with Crippen LogP contribution in [-0.4, -0.2) is 26.4 Å². The number of hydrogen-bond donors (Lipinski definition) is 1. The lowest BCUT2D eigenvalue weighted by atomic mass is 10.0. The third-order valence-electron chi connectivity index (χ3n) is 4.87. The van der Waals surface area contributed by atoms with Crippen LogP contribution in [0.4, 0.5) is 0 Å². The molecule has 0 unspecified atom stereocenters. The Kier molecular flexibility index (Phi) is 5.36. The van der Waals surface area contributed by atoms with Gasteiger partial charge in [0.2, 0.25) is 5.91 Å². The molecule has 29 heavy (non-hydrogen) atoms. The number of aromatic nitrogens is 3. The summed E-state index contributed by atoms with van der Waals surface area (Å²) in [5.41, 5.74) is 9.88. The second kappa shape index (κ2) is 8.09. The van der Waals surface area contributed by atoms with Gasteiger partial charge in [-0.05, 0) is 41.8 Å². The average molecular weight is 403 g/mol. The molecule has 3 aromatic carbocycles. The highest BCUT2D eigenvalue weighted by molar-refractivity contribution is 7.99. The summed E-state index contributed by atoms with van der Waals surface area (Å²) in [4.78, 5) is 11.3. The molecule has 1 aromatic heterocycles. The van der Waals surface area contributed by atoms with Gasteiger partial charge in [-0.1, -0.05) is 71.9 Å². The molecule has 5 nitrogen and oxygen atoms in total. The van der Waals surface area contributed by atoms with Crippen molar-refractivity contribution in [3.63, 3.8) is 0 Å². The van der Waals surface area contributed by atoms with Crippen LogP contribution in [0.1, 0.15) is 22.5 Å². The van der Waals surface area contributed by atoms with Crippen molar-refractivity contribution in [3.05, 3.63) is 83.2 Å². The van der Waals surface area contributed by atoms with Crippen LogP contribution in [0.2, 0.25) is 0 Å². The third kappa shape index (κ3) is 4.03. The van der Waals surface area contributed by atoms with Gasteiger partial charge in [0.05, 0.1) is 11.4 Å². The summed E-state index contributed by atoms with van der Waals surface area (Å²) in [5.74, 6) is 0.623. The number of rotatable bonds is 6. The molecule has 6 heteroatoms. The van der Waals surface area contributed by atoms with Crippen molar-refractivity contribution < 1.29 is 4.79 Å².